The summed E-state index contributed by atoms with van der Waals surface area (Å²) in [5, 5.41) is 9.25. The van der Waals surface area contributed by atoms with Gasteiger partial charge in [0.15, 0.2) is 0 Å². The average Bonchev–Trinajstić information content (AvgIpc) is 2.94. The summed E-state index contributed by atoms with van der Waals surface area (Å²) in [5.41, 5.74) is -0.0393. The number of hydrogen-bond donors (Lipinski definition) is 0. The van der Waals surface area contributed by atoms with Crippen molar-refractivity contribution in [3.8, 4) is 6.07 Å². The molecule has 1 atom stereocenters. The molecule has 3 rings (SSSR count). The second-order valence-electron chi connectivity index (χ2n) is 9.14. The molecule has 1 heterocycles. The van der Waals surface area contributed by atoms with Crippen molar-refractivity contribution >= 4 is 23.7 Å². The number of urea groups is 1. The molecule has 8 nitrogen and oxygen atoms in total. The van der Waals surface area contributed by atoms with Crippen molar-refractivity contribution < 1.29 is 37.0 Å². The standard InChI is InChI=1S/C30H30F3N3O5/c1-4-17-41-28(38)26-20(3)36(24-10-8-9-23(18-24)30(31,32)33)29(39)35(16-7-6-11-25(37)40-5-2)27(26)22-14-12-21(19-34)13-15-22/h4,8-10,12-15,18,27H,1,5-7,11,16-17H2,2-3H3. The summed E-state index contributed by atoms with van der Waals surface area (Å²) < 4.78 is 51.0. The second-order valence-corrected chi connectivity index (χ2v) is 9.14. The van der Waals surface area contributed by atoms with Crippen LogP contribution in [0.15, 0.2) is 72.5 Å². The van der Waals surface area contributed by atoms with Crippen LogP contribution in [0.25, 0.3) is 0 Å². The van der Waals surface area contributed by atoms with Crippen LogP contribution in [0.5, 0.6) is 0 Å². The van der Waals surface area contributed by atoms with Crippen LogP contribution < -0.4 is 4.90 Å². The monoisotopic (exact) mass is 569 g/mol. The topological polar surface area (TPSA) is 99.9 Å². The van der Waals surface area contributed by atoms with E-state index in [0.717, 1.165) is 17.0 Å². The predicted molar refractivity (Wildman–Crippen MR) is 144 cm³/mol. The molecular formula is C30H30F3N3O5. The quantitative estimate of drug-likeness (QED) is 0.179. The zero-order valence-corrected chi connectivity index (χ0v) is 22.7. The van der Waals surface area contributed by atoms with Crippen LogP contribution >= 0.6 is 0 Å². The van der Waals surface area contributed by atoms with E-state index in [1.54, 1.807) is 31.2 Å². The summed E-state index contributed by atoms with van der Waals surface area (Å²) >= 11 is 0. The Morgan fingerprint density at radius 2 is 1.83 bits per heavy atom. The largest absolute Gasteiger partial charge is 0.466 e. The molecule has 216 valence electrons. The fraction of sp³-hybridized carbons (Fsp3) is 0.333. The van der Waals surface area contributed by atoms with Crippen molar-refractivity contribution in [2.24, 2.45) is 0 Å². The summed E-state index contributed by atoms with van der Waals surface area (Å²) in [5.74, 6) is -1.17. The second kappa shape index (κ2) is 13.7. The smallest absolute Gasteiger partial charge is 0.416 e. The Balaban J connectivity index is 2.15. The van der Waals surface area contributed by atoms with E-state index in [9.17, 15) is 32.8 Å². The van der Waals surface area contributed by atoms with Crippen LogP contribution in [0.4, 0.5) is 23.7 Å². The fourth-order valence-electron chi connectivity index (χ4n) is 4.55. The Morgan fingerprint density at radius 3 is 2.44 bits per heavy atom. The molecular weight excluding hydrogens is 539 g/mol. The van der Waals surface area contributed by atoms with Crippen molar-refractivity contribution in [2.75, 3.05) is 24.7 Å². The van der Waals surface area contributed by atoms with E-state index in [2.05, 4.69) is 6.58 Å². The number of alkyl halides is 3. The number of amides is 2. The molecule has 0 aromatic heterocycles. The zero-order chi connectivity index (χ0) is 30.2. The third kappa shape index (κ3) is 7.33. The predicted octanol–water partition coefficient (Wildman–Crippen LogP) is 6.30. The van der Waals surface area contributed by atoms with E-state index in [1.807, 2.05) is 6.07 Å². The molecule has 0 saturated heterocycles. The highest BCUT2D eigenvalue weighted by Gasteiger charge is 2.43. The molecule has 2 amide bonds. The molecule has 1 aliphatic heterocycles. The number of benzene rings is 2. The molecule has 0 N–H and O–H groups in total. The summed E-state index contributed by atoms with van der Waals surface area (Å²) in [6.07, 6.45) is -2.48. The number of rotatable bonds is 11. The molecule has 0 saturated carbocycles. The minimum Gasteiger partial charge on any atom is -0.466 e. The van der Waals surface area contributed by atoms with Gasteiger partial charge in [-0.3, -0.25) is 9.69 Å². The van der Waals surface area contributed by atoms with Gasteiger partial charge in [-0.25, -0.2) is 9.59 Å². The van der Waals surface area contributed by atoms with Crippen LogP contribution in [0.1, 0.15) is 55.8 Å². The molecule has 0 bridgehead atoms. The van der Waals surface area contributed by atoms with Gasteiger partial charge in [-0.05, 0) is 62.6 Å². The summed E-state index contributed by atoms with van der Waals surface area (Å²) in [4.78, 5) is 41.7. The number of carbonyl (C=O) groups is 3. The average molecular weight is 570 g/mol. The first-order valence-electron chi connectivity index (χ1n) is 13.0. The van der Waals surface area contributed by atoms with Crippen molar-refractivity contribution in [3.63, 3.8) is 0 Å². The van der Waals surface area contributed by atoms with Crippen molar-refractivity contribution in [1.82, 2.24) is 4.90 Å². The SMILES string of the molecule is C=CCOC(=O)C1=C(C)N(c2cccc(C(F)(F)F)c2)C(=O)N(CCCCC(=O)OCC)C1c1ccc(C#N)cc1. The molecule has 0 aliphatic carbocycles. The fourth-order valence-corrected chi connectivity index (χ4v) is 4.55. The number of ether oxygens (including phenoxy) is 2. The number of halogens is 3. The lowest BCUT2D eigenvalue weighted by Crippen LogP contribution is -2.51. The minimum atomic E-state index is -4.66. The minimum absolute atomic E-state index is 0.0407. The van der Waals surface area contributed by atoms with E-state index in [4.69, 9.17) is 9.47 Å². The van der Waals surface area contributed by atoms with Gasteiger partial charge in [0, 0.05) is 18.7 Å². The molecule has 0 radical (unpaired) electrons. The van der Waals surface area contributed by atoms with Gasteiger partial charge in [0.1, 0.15) is 6.61 Å². The van der Waals surface area contributed by atoms with Gasteiger partial charge in [0.2, 0.25) is 0 Å². The van der Waals surface area contributed by atoms with Crippen LogP contribution in [0.3, 0.4) is 0 Å². The maximum Gasteiger partial charge on any atom is 0.416 e. The zero-order valence-electron chi connectivity index (χ0n) is 22.7. The Bertz CT molecular complexity index is 1360. The van der Waals surface area contributed by atoms with Crippen molar-refractivity contribution in [1.29, 1.82) is 5.26 Å². The number of nitrogens with zero attached hydrogens (tertiary/aromatic N) is 3. The first kappa shape index (κ1) is 30.9. The molecule has 11 heteroatoms. The Labute approximate surface area is 236 Å². The van der Waals surface area contributed by atoms with Crippen LogP contribution in [0.2, 0.25) is 0 Å². The summed E-state index contributed by atoms with van der Waals surface area (Å²) in [7, 11) is 0. The van der Waals surface area contributed by atoms with E-state index in [1.165, 1.54) is 30.0 Å². The van der Waals surface area contributed by atoms with Gasteiger partial charge in [-0.15, -0.1) is 0 Å². The van der Waals surface area contributed by atoms with Gasteiger partial charge in [0.05, 0.1) is 41.1 Å². The number of nitriles is 1. The Hall–Kier alpha value is -4.59. The maximum atomic E-state index is 14.0. The van der Waals surface area contributed by atoms with Crippen LogP contribution in [0, 0.1) is 11.3 Å². The highest BCUT2D eigenvalue weighted by molar-refractivity contribution is 6.03. The molecule has 2 aromatic rings. The third-order valence-electron chi connectivity index (χ3n) is 6.42. The lowest BCUT2D eigenvalue weighted by molar-refractivity contribution is -0.143. The summed E-state index contributed by atoms with van der Waals surface area (Å²) in [6, 6.07) is 11.0. The van der Waals surface area contributed by atoms with E-state index < -0.39 is 35.8 Å². The van der Waals surface area contributed by atoms with E-state index in [0.29, 0.717) is 24.0 Å². The highest BCUT2D eigenvalue weighted by atomic mass is 19.4. The number of hydrogen-bond acceptors (Lipinski definition) is 6. The van der Waals surface area contributed by atoms with Gasteiger partial charge < -0.3 is 14.4 Å². The first-order valence-corrected chi connectivity index (χ1v) is 13.0. The van der Waals surface area contributed by atoms with E-state index >= 15 is 0 Å². The normalized spacial score (nSPS) is 15.4. The molecule has 0 spiro atoms. The number of anilines is 1. The Kier molecular flexibility index (Phi) is 10.3. The number of allylic oxidation sites excluding steroid dienone is 1. The molecule has 0 fully saturated rings. The van der Waals surface area contributed by atoms with Gasteiger partial charge in [0.25, 0.3) is 0 Å². The summed E-state index contributed by atoms with van der Waals surface area (Å²) in [6.45, 7) is 6.87. The first-order chi connectivity index (χ1) is 19.5. The molecule has 1 unspecified atom stereocenters. The lowest BCUT2D eigenvalue weighted by atomic mass is 9.92. The van der Waals surface area contributed by atoms with Crippen LogP contribution in [-0.4, -0.2) is 42.6 Å². The van der Waals surface area contributed by atoms with Gasteiger partial charge in [-0.1, -0.05) is 30.9 Å². The van der Waals surface area contributed by atoms with Gasteiger partial charge in [-0.2, -0.15) is 18.4 Å². The third-order valence-corrected chi connectivity index (χ3v) is 6.42. The lowest BCUT2D eigenvalue weighted by Gasteiger charge is -2.43. The molecule has 2 aromatic carbocycles. The van der Waals surface area contributed by atoms with Crippen molar-refractivity contribution in [2.45, 2.75) is 45.3 Å². The highest BCUT2D eigenvalue weighted by Crippen LogP contribution is 2.41. The number of unbranched alkanes of at least 4 members (excludes halogenated alkanes) is 1. The molecule has 1 aliphatic rings. The Morgan fingerprint density at radius 1 is 1.12 bits per heavy atom. The van der Waals surface area contributed by atoms with Crippen LogP contribution in [-0.2, 0) is 25.2 Å². The van der Waals surface area contributed by atoms with E-state index in [-0.39, 0.29) is 43.1 Å². The van der Waals surface area contributed by atoms with Gasteiger partial charge >= 0.3 is 24.1 Å². The van der Waals surface area contributed by atoms with Crippen molar-refractivity contribution in [3.05, 3.63) is 89.1 Å². The maximum absolute atomic E-state index is 14.0. The number of esters is 2. The molecule has 41 heavy (non-hydrogen) atoms. The number of carbonyl (C=O) groups excluding carboxylic acids is 3.